The molecular weight excluding hydrogens is 418 g/mol. The van der Waals surface area contributed by atoms with Crippen molar-refractivity contribution in [3.63, 3.8) is 0 Å². The van der Waals surface area contributed by atoms with Gasteiger partial charge in [0.2, 0.25) is 0 Å². The lowest BCUT2D eigenvalue weighted by atomic mass is 9.94. The van der Waals surface area contributed by atoms with E-state index in [1.54, 1.807) is 0 Å². The molecule has 2 nitrogen and oxygen atoms in total. The molecule has 27 heavy (non-hydrogen) atoms. The first-order valence-electron chi connectivity index (χ1n) is 9.58. The van der Waals surface area contributed by atoms with E-state index >= 15 is 0 Å². The highest BCUT2D eigenvalue weighted by molar-refractivity contribution is 9.10. The number of benzene rings is 2. The molecule has 0 N–H and O–H groups in total. The van der Waals surface area contributed by atoms with Crippen LogP contribution in [-0.4, -0.2) is 14.7 Å². The first-order chi connectivity index (χ1) is 12.8. The summed E-state index contributed by atoms with van der Waals surface area (Å²) in [5, 5.41) is 0. The van der Waals surface area contributed by atoms with E-state index in [1.807, 2.05) is 39.0 Å². The quantitative estimate of drug-likeness (QED) is 0.314. The van der Waals surface area contributed by atoms with E-state index in [9.17, 15) is 4.21 Å². The molecule has 0 aliphatic heterocycles. The van der Waals surface area contributed by atoms with Crippen molar-refractivity contribution in [2.24, 2.45) is 4.40 Å². The summed E-state index contributed by atoms with van der Waals surface area (Å²) in [7, 11) is -1.23. The fourth-order valence-corrected chi connectivity index (χ4v) is 3.75. The third-order valence-corrected chi connectivity index (χ3v) is 6.53. The maximum atomic E-state index is 12.5. The third kappa shape index (κ3) is 7.34. The van der Waals surface area contributed by atoms with Crippen LogP contribution in [0.25, 0.3) is 0 Å². The molecule has 0 aromatic heterocycles. The SMILES string of the molecule is C[C@H](CCCCC(=NS(=O)C(C)(C)C)c1ccccc1)c1ccc(Br)cc1. The van der Waals surface area contributed by atoms with Crippen LogP contribution in [0.15, 0.2) is 63.5 Å². The van der Waals surface area contributed by atoms with Crippen LogP contribution in [0.4, 0.5) is 0 Å². The van der Waals surface area contributed by atoms with Gasteiger partial charge in [0.25, 0.3) is 0 Å². The Morgan fingerprint density at radius 1 is 1.04 bits per heavy atom. The van der Waals surface area contributed by atoms with Crippen LogP contribution in [0.1, 0.15) is 70.4 Å². The molecule has 0 aliphatic carbocycles. The minimum absolute atomic E-state index is 0.337. The Labute approximate surface area is 175 Å². The van der Waals surface area contributed by atoms with Crippen LogP contribution in [-0.2, 0) is 11.0 Å². The molecule has 0 heterocycles. The highest BCUT2D eigenvalue weighted by Crippen LogP contribution is 2.24. The lowest BCUT2D eigenvalue weighted by Gasteiger charge is -2.16. The molecular formula is C23H30BrNOS. The number of nitrogens with zero attached hydrogens (tertiary/aromatic N) is 1. The van der Waals surface area contributed by atoms with E-state index < -0.39 is 11.0 Å². The predicted octanol–water partition coefficient (Wildman–Crippen LogP) is 7.06. The molecule has 2 aromatic rings. The van der Waals surface area contributed by atoms with Gasteiger partial charge in [0.15, 0.2) is 0 Å². The van der Waals surface area contributed by atoms with Crippen LogP contribution in [0, 0.1) is 0 Å². The van der Waals surface area contributed by atoms with Crippen molar-refractivity contribution in [1.82, 2.24) is 0 Å². The standard InChI is InChI=1S/C23H30BrNOS/c1-18(19-14-16-21(24)17-15-19)10-8-9-13-22(20-11-6-5-7-12-20)25-27(26)23(2,3)4/h5-7,11-12,14-18H,8-10,13H2,1-4H3/t18-,27?/m1/s1. The maximum Gasteiger partial charge on any atom is 0.145 e. The zero-order valence-electron chi connectivity index (χ0n) is 16.7. The van der Waals surface area contributed by atoms with Crippen LogP contribution in [0.2, 0.25) is 0 Å². The normalized spacial score (nSPS) is 14.8. The predicted molar refractivity (Wildman–Crippen MR) is 122 cm³/mol. The van der Waals surface area contributed by atoms with E-state index in [4.69, 9.17) is 0 Å². The van der Waals surface area contributed by atoms with Crippen LogP contribution in [0.5, 0.6) is 0 Å². The zero-order valence-corrected chi connectivity index (χ0v) is 19.1. The third-order valence-electron chi connectivity index (χ3n) is 4.56. The minimum atomic E-state index is -1.23. The lowest BCUT2D eigenvalue weighted by molar-refractivity contribution is 0.613. The molecule has 0 saturated carbocycles. The van der Waals surface area contributed by atoms with Gasteiger partial charge in [0, 0.05) is 4.47 Å². The van der Waals surface area contributed by atoms with Gasteiger partial charge in [0.1, 0.15) is 11.0 Å². The number of hydrogen-bond acceptors (Lipinski definition) is 1. The van der Waals surface area contributed by atoms with Crippen molar-refractivity contribution in [2.75, 3.05) is 0 Å². The fraction of sp³-hybridized carbons (Fsp3) is 0.435. The van der Waals surface area contributed by atoms with Crippen molar-refractivity contribution >= 4 is 32.6 Å². The first kappa shape index (κ1) is 22.0. The van der Waals surface area contributed by atoms with Crippen molar-refractivity contribution < 1.29 is 4.21 Å². The summed E-state index contributed by atoms with van der Waals surface area (Å²) in [6.07, 6.45) is 4.19. The van der Waals surface area contributed by atoms with Gasteiger partial charge in [0.05, 0.1) is 10.5 Å². The number of halogens is 1. The van der Waals surface area contributed by atoms with E-state index in [0.29, 0.717) is 5.92 Å². The van der Waals surface area contributed by atoms with Gasteiger partial charge in [-0.3, -0.25) is 0 Å². The van der Waals surface area contributed by atoms with Crippen molar-refractivity contribution in [3.8, 4) is 0 Å². The Hall–Kier alpha value is -1.26. The Kier molecular flexibility index (Phi) is 8.43. The summed E-state index contributed by atoms with van der Waals surface area (Å²) < 4.78 is 17.9. The summed E-state index contributed by atoms with van der Waals surface area (Å²) in [6, 6.07) is 18.7. The Morgan fingerprint density at radius 3 is 2.26 bits per heavy atom. The fourth-order valence-electron chi connectivity index (χ4n) is 2.81. The van der Waals surface area contributed by atoms with Crippen LogP contribution in [0.3, 0.4) is 0 Å². The number of hydrogen-bond donors (Lipinski definition) is 0. The molecule has 0 fully saturated rings. The number of unbranched alkanes of at least 4 members (excludes halogenated alkanes) is 1. The molecule has 1 unspecified atom stereocenters. The Balaban J connectivity index is 1.97. The van der Waals surface area contributed by atoms with E-state index in [2.05, 4.69) is 63.6 Å². The Bertz CT molecular complexity index is 763. The summed E-state index contributed by atoms with van der Waals surface area (Å²) in [6.45, 7) is 8.18. The maximum absolute atomic E-state index is 12.5. The second kappa shape index (κ2) is 10.3. The van der Waals surface area contributed by atoms with Crippen molar-refractivity contribution in [3.05, 3.63) is 70.2 Å². The van der Waals surface area contributed by atoms with Gasteiger partial charge in [-0.15, -0.1) is 0 Å². The van der Waals surface area contributed by atoms with Crippen LogP contribution >= 0.6 is 15.9 Å². The molecule has 2 aromatic carbocycles. The molecule has 0 amide bonds. The summed E-state index contributed by atoms with van der Waals surface area (Å²) in [5.41, 5.74) is 3.42. The van der Waals surface area contributed by atoms with Crippen LogP contribution < -0.4 is 0 Å². The molecule has 2 rings (SSSR count). The Morgan fingerprint density at radius 2 is 1.67 bits per heavy atom. The largest absolute Gasteiger partial charge is 0.234 e. The van der Waals surface area contributed by atoms with Gasteiger partial charge in [-0.05, 0) is 69.2 Å². The van der Waals surface area contributed by atoms with E-state index in [0.717, 1.165) is 41.4 Å². The molecule has 0 radical (unpaired) electrons. The average Bonchev–Trinajstić information content (AvgIpc) is 2.64. The minimum Gasteiger partial charge on any atom is -0.234 e. The van der Waals surface area contributed by atoms with Crippen molar-refractivity contribution in [2.45, 2.75) is 64.0 Å². The topological polar surface area (TPSA) is 29.4 Å². The molecule has 2 atom stereocenters. The van der Waals surface area contributed by atoms with Gasteiger partial charge >= 0.3 is 0 Å². The lowest BCUT2D eigenvalue weighted by Crippen LogP contribution is -2.21. The van der Waals surface area contributed by atoms with E-state index in [1.165, 1.54) is 5.56 Å². The summed E-state index contributed by atoms with van der Waals surface area (Å²) in [5.74, 6) is 0.541. The van der Waals surface area contributed by atoms with E-state index in [-0.39, 0.29) is 4.75 Å². The van der Waals surface area contributed by atoms with Crippen molar-refractivity contribution in [1.29, 1.82) is 0 Å². The highest BCUT2D eigenvalue weighted by atomic mass is 79.9. The molecule has 0 saturated heterocycles. The molecule has 0 aliphatic rings. The molecule has 146 valence electrons. The summed E-state index contributed by atoms with van der Waals surface area (Å²) >= 11 is 3.49. The van der Waals surface area contributed by atoms with Gasteiger partial charge in [-0.2, -0.15) is 4.40 Å². The number of rotatable bonds is 8. The zero-order chi connectivity index (χ0) is 19.9. The molecule has 0 bridgehead atoms. The second-order valence-corrected chi connectivity index (χ2v) is 10.8. The summed E-state index contributed by atoms with van der Waals surface area (Å²) in [4.78, 5) is 0. The smallest absolute Gasteiger partial charge is 0.145 e. The van der Waals surface area contributed by atoms with Gasteiger partial charge in [-0.25, -0.2) is 4.21 Å². The van der Waals surface area contributed by atoms with Gasteiger partial charge < -0.3 is 0 Å². The highest BCUT2D eigenvalue weighted by Gasteiger charge is 2.20. The molecule has 0 spiro atoms. The first-order valence-corrected chi connectivity index (χ1v) is 11.5. The average molecular weight is 448 g/mol. The van der Waals surface area contributed by atoms with Gasteiger partial charge in [-0.1, -0.05) is 71.7 Å². The molecule has 4 heteroatoms. The second-order valence-electron chi connectivity index (χ2n) is 7.96. The monoisotopic (exact) mass is 447 g/mol.